The van der Waals surface area contributed by atoms with E-state index in [2.05, 4.69) is 5.32 Å². The fraction of sp³-hybridized carbons (Fsp3) is 0.800. The van der Waals surface area contributed by atoms with Gasteiger partial charge in [0.1, 0.15) is 0 Å². The van der Waals surface area contributed by atoms with Crippen LogP contribution in [-0.4, -0.2) is 59.8 Å². The molecular weight excluding hydrogens is 212 g/mol. The van der Waals surface area contributed by atoms with Crippen molar-refractivity contribution in [3.63, 3.8) is 0 Å². The van der Waals surface area contributed by atoms with Gasteiger partial charge in [-0.1, -0.05) is 0 Å². The highest BCUT2D eigenvalue weighted by molar-refractivity contribution is 5.78. The Hall–Kier alpha value is -1.14. The smallest absolute Gasteiger partial charge is 0.303 e. The van der Waals surface area contributed by atoms with Gasteiger partial charge in [0.15, 0.2) is 0 Å². The van der Waals surface area contributed by atoms with Gasteiger partial charge in [-0.05, 0) is 20.4 Å². The van der Waals surface area contributed by atoms with Crippen molar-refractivity contribution in [2.75, 3.05) is 26.7 Å². The molecule has 6 nitrogen and oxygen atoms in total. The van der Waals surface area contributed by atoms with E-state index in [1.807, 2.05) is 6.92 Å². The first kappa shape index (κ1) is 14.9. The van der Waals surface area contributed by atoms with E-state index in [1.165, 1.54) is 0 Å². The molecule has 0 aliphatic carbocycles. The van der Waals surface area contributed by atoms with Gasteiger partial charge < -0.3 is 15.5 Å². The molecule has 0 saturated carbocycles. The maximum Gasteiger partial charge on any atom is 0.303 e. The monoisotopic (exact) mass is 232 g/mol. The van der Waals surface area contributed by atoms with Crippen LogP contribution in [0.3, 0.4) is 0 Å². The van der Waals surface area contributed by atoms with E-state index in [0.717, 1.165) is 0 Å². The van der Waals surface area contributed by atoms with E-state index in [1.54, 1.807) is 11.9 Å². The van der Waals surface area contributed by atoms with Crippen LogP contribution in [0.4, 0.5) is 0 Å². The predicted molar refractivity (Wildman–Crippen MR) is 59.1 cm³/mol. The Balaban J connectivity index is 3.62. The van der Waals surface area contributed by atoms with Crippen LogP contribution in [0.2, 0.25) is 0 Å². The van der Waals surface area contributed by atoms with Crippen LogP contribution < -0.4 is 5.32 Å². The molecule has 0 fully saturated rings. The average Bonchev–Trinajstić information content (AvgIpc) is 2.22. The second kappa shape index (κ2) is 8.06. The predicted octanol–water partition coefficient (Wildman–Crippen LogP) is -0.720. The molecule has 0 spiro atoms. The molecule has 16 heavy (non-hydrogen) atoms. The lowest BCUT2D eigenvalue weighted by Crippen LogP contribution is -2.41. The average molecular weight is 232 g/mol. The number of hydrogen-bond acceptors (Lipinski definition) is 4. The maximum absolute atomic E-state index is 11.3. The Morgan fingerprint density at radius 3 is 2.56 bits per heavy atom. The number of aliphatic carboxylic acids is 1. The molecule has 1 amide bonds. The van der Waals surface area contributed by atoms with Crippen LogP contribution in [0, 0.1) is 0 Å². The van der Waals surface area contributed by atoms with E-state index in [0.29, 0.717) is 13.0 Å². The van der Waals surface area contributed by atoms with Crippen molar-refractivity contribution >= 4 is 11.9 Å². The molecular formula is C10H20N2O4. The minimum Gasteiger partial charge on any atom is -0.481 e. The van der Waals surface area contributed by atoms with Crippen molar-refractivity contribution in [3.05, 3.63) is 0 Å². The van der Waals surface area contributed by atoms with Gasteiger partial charge >= 0.3 is 5.97 Å². The number of carboxylic acids is 1. The molecule has 0 saturated heterocycles. The van der Waals surface area contributed by atoms with Gasteiger partial charge in [-0.2, -0.15) is 0 Å². The van der Waals surface area contributed by atoms with Gasteiger partial charge in [0.25, 0.3) is 0 Å². The number of carbonyl (C=O) groups is 2. The molecule has 0 aliphatic rings. The highest BCUT2D eigenvalue weighted by Crippen LogP contribution is 1.93. The molecule has 0 rings (SSSR count). The highest BCUT2D eigenvalue weighted by atomic mass is 16.4. The van der Waals surface area contributed by atoms with Gasteiger partial charge in [0.05, 0.1) is 13.2 Å². The Morgan fingerprint density at radius 1 is 1.44 bits per heavy atom. The minimum atomic E-state index is -0.861. The summed E-state index contributed by atoms with van der Waals surface area (Å²) in [4.78, 5) is 23.3. The van der Waals surface area contributed by atoms with Crippen molar-refractivity contribution in [3.8, 4) is 0 Å². The van der Waals surface area contributed by atoms with Crippen molar-refractivity contribution in [1.29, 1.82) is 0 Å². The Bertz CT molecular complexity index is 233. The summed E-state index contributed by atoms with van der Waals surface area (Å²) in [6, 6.07) is -0.0650. The fourth-order valence-electron chi connectivity index (χ4n) is 1.05. The lowest BCUT2D eigenvalue weighted by molar-refractivity contribution is -0.137. The largest absolute Gasteiger partial charge is 0.481 e. The van der Waals surface area contributed by atoms with Gasteiger partial charge in [-0.15, -0.1) is 0 Å². The highest BCUT2D eigenvalue weighted by Gasteiger charge is 2.11. The zero-order chi connectivity index (χ0) is 12.6. The van der Waals surface area contributed by atoms with Gasteiger partial charge in [-0.25, -0.2) is 0 Å². The van der Waals surface area contributed by atoms with Crippen LogP contribution in [0.1, 0.15) is 19.8 Å². The number of carboxylic acid groups (broad SMARTS) is 1. The van der Waals surface area contributed by atoms with Crippen LogP contribution in [0.5, 0.6) is 0 Å². The van der Waals surface area contributed by atoms with Crippen LogP contribution in [0.25, 0.3) is 0 Å². The van der Waals surface area contributed by atoms with Crippen molar-refractivity contribution in [2.45, 2.75) is 25.8 Å². The zero-order valence-corrected chi connectivity index (χ0v) is 9.77. The van der Waals surface area contributed by atoms with E-state index >= 15 is 0 Å². The van der Waals surface area contributed by atoms with Crippen LogP contribution >= 0.6 is 0 Å². The SMILES string of the molecule is CC(CO)N(C)CC(=O)NCCCC(=O)O. The first-order valence-electron chi connectivity index (χ1n) is 5.27. The van der Waals surface area contributed by atoms with Gasteiger partial charge in [-0.3, -0.25) is 14.5 Å². The third-order valence-corrected chi connectivity index (χ3v) is 2.30. The number of aliphatic hydroxyl groups excluding tert-OH is 1. The number of nitrogens with one attached hydrogen (secondary N) is 1. The van der Waals surface area contributed by atoms with Crippen molar-refractivity contribution in [2.24, 2.45) is 0 Å². The van der Waals surface area contributed by atoms with Gasteiger partial charge in [0, 0.05) is 19.0 Å². The Morgan fingerprint density at radius 2 is 2.06 bits per heavy atom. The second-order valence-electron chi connectivity index (χ2n) is 3.79. The molecule has 1 atom stereocenters. The van der Waals surface area contributed by atoms with Crippen LogP contribution in [-0.2, 0) is 9.59 Å². The van der Waals surface area contributed by atoms with Crippen molar-refractivity contribution in [1.82, 2.24) is 10.2 Å². The molecule has 0 bridgehead atoms. The summed E-state index contributed by atoms with van der Waals surface area (Å²) in [5, 5.41) is 19.9. The molecule has 6 heteroatoms. The van der Waals surface area contributed by atoms with E-state index in [9.17, 15) is 9.59 Å². The summed E-state index contributed by atoms with van der Waals surface area (Å²) in [6.07, 6.45) is 0.490. The molecule has 1 unspecified atom stereocenters. The molecule has 0 radical (unpaired) electrons. The summed E-state index contributed by atoms with van der Waals surface area (Å²) in [5.41, 5.74) is 0. The molecule has 3 N–H and O–H groups in total. The molecule has 0 heterocycles. The summed E-state index contributed by atoms with van der Waals surface area (Å²) in [7, 11) is 1.75. The van der Waals surface area contributed by atoms with E-state index < -0.39 is 5.97 Å². The minimum absolute atomic E-state index is 0.00277. The lowest BCUT2D eigenvalue weighted by atomic mass is 10.3. The molecule has 0 aromatic heterocycles. The number of likely N-dealkylation sites (N-methyl/N-ethyl adjacent to an activating group) is 1. The molecule has 94 valence electrons. The molecule has 0 aromatic rings. The standard InChI is InChI=1S/C10H20N2O4/c1-8(7-13)12(2)6-9(14)11-5-3-4-10(15)16/h8,13H,3-7H2,1-2H3,(H,11,14)(H,15,16). The number of nitrogens with zero attached hydrogens (tertiary/aromatic N) is 1. The van der Waals surface area contributed by atoms with E-state index in [4.69, 9.17) is 10.2 Å². The van der Waals surface area contributed by atoms with Crippen molar-refractivity contribution < 1.29 is 19.8 Å². The first-order chi connectivity index (χ1) is 7.47. The number of rotatable bonds is 8. The number of aliphatic hydroxyl groups is 1. The third kappa shape index (κ3) is 7.19. The number of carbonyl (C=O) groups excluding carboxylic acids is 1. The molecule has 0 aliphatic heterocycles. The zero-order valence-electron chi connectivity index (χ0n) is 9.77. The Labute approximate surface area is 95.2 Å². The second-order valence-corrected chi connectivity index (χ2v) is 3.79. The first-order valence-corrected chi connectivity index (χ1v) is 5.27. The van der Waals surface area contributed by atoms with Crippen LogP contribution in [0.15, 0.2) is 0 Å². The quantitative estimate of drug-likeness (QED) is 0.480. The maximum atomic E-state index is 11.3. The van der Waals surface area contributed by atoms with Gasteiger partial charge in [0.2, 0.25) is 5.91 Å². The van der Waals surface area contributed by atoms with E-state index in [-0.39, 0.29) is 31.5 Å². The number of hydrogen-bond donors (Lipinski definition) is 3. The molecule has 0 aromatic carbocycles. The summed E-state index contributed by atoms with van der Waals surface area (Å²) in [5.74, 6) is -1.02. The summed E-state index contributed by atoms with van der Waals surface area (Å²) >= 11 is 0. The topological polar surface area (TPSA) is 89.9 Å². The summed E-state index contributed by atoms with van der Waals surface area (Å²) < 4.78 is 0. The summed E-state index contributed by atoms with van der Waals surface area (Å²) in [6.45, 7) is 2.39. The normalized spacial score (nSPS) is 12.5. The number of amides is 1. The Kier molecular flexibility index (Phi) is 7.49. The third-order valence-electron chi connectivity index (χ3n) is 2.30. The lowest BCUT2D eigenvalue weighted by Gasteiger charge is -2.21. The fourth-order valence-corrected chi connectivity index (χ4v) is 1.05.